The molecule has 0 bridgehead atoms. The van der Waals surface area contributed by atoms with Gasteiger partial charge in [-0.05, 0) is 17.7 Å². The molecule has 5 nitrogen and oxygen atoms in total. The first kappa shape index (κ1) is 14.0. The van der Waals surface area contributed by atoms with Gasteiger partial charge in [0.1, 0.15) is 0 Å². The van der Waals surface area contributed by atoms with Crippen LogP contribution in [-0.2, 0) is 6.54 Å². The predicted octanol–water partition coefficient (Wildman–Crippen LogP) is 3.18. The van der Waals surface area contributed by atoms with Crippen LogP contribution in [0.1, 0.15) is 15.9 Å². The van der Waals surface area contributed by atoms with E-state index in [1.54, 1.807) is 18.2 Å². The highest BCUT2D eigenvalue weighted by Crippen LogP contribution is 2.16. The molecule has 0 aliphatic carbocycles. The van der Waals surface area contributed by atoms with E-state index in [1.165, 1.54) is 24.3 Å². The minimum Gasteiger partial charge on any atom is -0.348 e. The van der Waals surface area contributed by atoms with Crippen molar-refractivity contribution in [3.05, 3.63) is 74.8 Å². The summed E-state index contributed by atoms with van der Waals surface area (Å²) in [5.74, 6) is -0.381. The second-order valence-corrected chi connectivity index (χ2v) is 4.49. The first-order valence-electron chi connectivity index (χ1n) is 5.84. The number of nitro groups is 1. The minimum absolute atomic E-state index is 0.115. The molecule has 2 aromatic carbocycles. The lowest BCUT2D eigenvalue weighted by atomic mass is 10.1. The quantitative estimate of drug-likeness (QED) is 0.694. The molecule has 0 heterocycles. The van der Waals surface area contributed by atoms with Gasteiger partial charge in [-0.1, -0.05) is 35.9 Å². The number of non-ortho nitro benzene ring substituents is 1. The molecule has 0 spiro atoms. The lowest BCUT2D eigenvalue weighted by Gasteiger charge is -2.06. The molecule has 102 valence electrons. The Morgan fingerprint density at radius 2 is 1.95 bits per heavy atom. The number of carbonyl (C=O) groups excluding carboxylic acids is 1. The third-order valence-corrected chi connectivity index (χ3v) is 3.09. The Balaban J connectivity index is 2.07. The van der Waals surface area contributed by atoms with Gasteiger partial charge in [-0.3, -0.25) is 14.9 Å². The van der Waals surface area contributed by atoms with Crippen molar-refractivity contribution in [2.24, 2.45) is 0 Å². The molecule has 20 heavy (non-hydrogen) atoms. The van der Waals surface area contributed by atoms with E-state index in [0.29, 0.717) is 5.02 Å². The summed E-state index contributed by atoms with van der Waals surface area (Å²) in [7, 11) is 0. The summed E-state index contributed by atoms with van der Waals surface area (Å²) in [6.45, 7) is 0.265. The summed E-state index contributed by atoms with van der Waals surface area (Å²) >= 11 is 5.98. The zero-order valence-corrected chi connectivity index (χ0v) is 11.1. The fraction of sp³-hybridized carbons (Fsp3) is 0.0714. The van der Waals surface area contributed by atoms with Gasteiger partial charge in [0.15, 0.2) is 0 Å². The SMILES string of the molecule is O=C(NCc1ccccc1Cl)c1cccc([N+](=O)[O-])c1. The van der Waals surface area contributed by atoms with E-state index < -0.39 is 4.92 Å². The maximum atomic E-state index is 11.9. The molecule has 0 fully saturated rings. The van der Waals surface area contributed by atoms with Crippen molar-refractivity contribution in [1.29, 1.82) is 0 Å². The topological polar surface area (TPSA) is 72.2 Å². The van der Waals surface area contributed by atoms with Crippen LogP contribution in [0.2, 0.25) is 5.02 Å². The van der Waals surface area contributed by atoms with Crippen LogP contribution < -0.4 is 5.32 Å². The Hall–Kier alpha value is -2.40. The molecule has 0 aliphatic rings. The normalized spacial score (nSPS) is 10.1. The zero-order chi connectivity index (χ0) is 14.5. The second-order valence-electron chi connectivity index (χ2n) is 4.08. The number of benzene rings is 2. The maximum Gasteiger partial charge on any atom is 0.270 e. The van der Waals surface area contributed by atoms with Gasteiger partial charge in [-0.25, -0.2) is 0 Å². The molecule has 1 amide bonds. The van der Waals surface area contributed by atoms with Gasteiger partial charge < -0.3 is 5.32 Å². The molecule has 0 unspecified atom stereocenters. The van der Waals surface area contributed by atoms with Gasteiger partial charge >= 0.3 is 0 Å². The number of halogens is 1. The fourth-order valence-electron chi connectivity index (χ4n) is 1.68. The summed E-state index contributed by atoms with van der Waals surface area (Å²) in [6, 6.07) is 12.7. The molecular formula is C14H11ClN2O3. The van der Waals surface area contributed by atoms with E-state index in [9.17, 15) is 14.9 Å². The lowest BCUT2D eigenvalue weighted by molar-refractivity contribution is -0.384. The molecular weight excluding hydrogens is 280 g/mol. The Kier molecular flexibility index (Phi) is 4.32. The van der Waals surface area contributed by atoms with Crippen molar-refractivity contribution in [3.63, 3.8) is 0 Å². The van der Waals surface area contributed by atoms with Crippen LogP contribution >= 0.6 is 11.6 Å². The molecule has 1 N–H and O–H groups in total. The van der Waals surface area contributed by atoms with Gasteiger partial charge in [0, 0.05) is 29.3 Å². The van der Waals surface area contributed by atoms with Crippen LogP contribution in [0.25, 0.3) is 0 Å². The van der Waals surface area contributed by atoms with Crippen LogP contribution in [0, 0.1) is 10.1 Å². The van der Waals surface area contributed by atoms with Crippen LogP contribution in [0.15, 0.2) is 48.5 Å². The molecule has 2 aromatic rings. The summed E-state index contributed by atoms with van der Waals surface area (Å²) < 4.78 is 0. The van der Waals surface area contributed by atoms with Crippen LogP contribution in [0.3, 0.4) is 0 Å². The van der Waals surface area contributed by atoms with Gasteiger partial charge in [0.2, 0.25) is 0 Å². The molecule has 2 rings (SSSR count). The molecule has 0 saturated carbocycles. The van der Waals surface area contributed by atoms with Crippen molar-refractivity contribution < 1.29 is 9.72 Å². The Morgan fingerprint density at radius 3 is 2.65 bits per heavy atom. The molecule has 0 aromatic heterocycles. The molecule has 0 saturated heterocycles. The van der Waals surface area contributed by atoms with Crippen molar-refractivity contribution in [2.75, 3.05) is 0 Å². The van der Waals surface area contributed by atoms with Gasteiger partial charge in [0.25, 0.3) is 11.6 Å². The fourth-order valence-corrected chi connectivity index (χ4v) is 1.88. The first-order valence-corrected chi connectivity index (χ1v) is 6.22. The Morgan fingerprint density at radius 1 is 1.20 bits per heavy atom. The summed E-state index contributed by atoms with van der Waals surface area (Å²) in [5, 5.41) is 13.9. The standard InChI is InChI=1S/C14H11ClN2O3/c15-13-7-2-1-4-11(13)9-16-14(18)10-5-3-6-12(8-10)17(19)20/h1-8H,9H2,(H,16,18). The largest absolute Gasteiger partial charge is 0.348 e. The number of rotatable bonds is 4. The maximum absolute atomic E-state index is 11.9. The van der Waals surface area contributed by atoms with Gasteiger partial charge in [-0.15, -0.1) is 0 Å². The van der Waals surface area contributed by atoms with Crippen molar-refractivity contribution in [2.45, 2.75) is 6.54 Å². The third kappa shape index (κ3) is 3.33. The van der Waals surface area contributed by atoms with E-state index in [4.69, 9.17) is 11.6 Å². The Bertz CT molecular complexity index is 658. The summed E-state index contributed by atoms with van der Waals surface area (Å²) in [4.78, 5) is 22.0. The highest BCUT2D eigenvalue weighted by Gasteiger charge is 2.11. The molecule has 0 atom stereocenters. The first-order chi connectivity index (χ1) is 9.58. The molecule has 6 heteroatoms. The highest BCUT2D eigenvalue weighted by molar-refractivity contribution is 6.31. The summed E-state index contributed by atoms with van der Waals surface area (Å²) in [6.07, 6.45) is 0. The van der Waals surface area contributed by atoms with Crippen molar-refractivity contribution >= 4 is 23.2 Å². The Labute approximate surface area is 120 Å². The van der Waals surface area contributed by atoms with E-state index in [1.807, 2.05) is 6.07 Å². The minimum atomic E-state index is -0.537. The number of nitrogens with one attached hydrogen (secondary N) is 1. The lowest BCUT2D eigenvalue weighted by Crippen LogP contribution is -2.22. The average Bonchev–Trinajstić information content (AvgIpc) is 2.46. The summed E-state index contributed by atoms with van der Waals surface area (Å²) in [5.41, 5.74) is 0.912. The number of hydrogen-bond acceptors (Lipinski definition) is 3. The van der Waals surface area contributed by atoms with Crippen molar-refractivity contribution in [1.82, 2.24) is 5.32 Å². The molecule has 0 aliphatic heterocycles. The van der Waals surface area contributed by atoms with E-state index in [0.717, 1.165) is 5.56 Å². The van der Waals surface area contributed by atoms with E-state index >= 15 is 0 Å². The van der Waals surface area contributed by atoms with Crippen molar-refractivity contribution in [3.8, 4) is 0 Å². The third-order valence-electron chi connectivity index (χ3n) is 2.72. The zero-order valence-electron chi connectivity index (χ0n) is 10.4. The monoisotopic (exact) mass is 290 g/mol. The number of hydrogen-bond donors (Lipinski definition) is 1. The van der Waals surface area contributed by atoms with E-state index in [2.05, 4.69) is 5.32 Å². The highest BCUT2D eigenvalue weighted by atomic mass is 35.5. The van der Waals surface area contributed by atoms with Crippen LogP contribution in [0.5, 0.6) is 0 Å². The second kappa shape index (κ2) is 6.16. The predicted molar refractivity (Wildman–Crippen MR) is 75.7 cm³/mol. The number of carbonyl (C=O) groups is 1. The smallest absolute Gasteiger partial charge is 0.270 e. The molecule has 0 radical (unpaired) electrons. The number of amides is 1. The van der Waals surface area contributed by atoms with Crippen LogP contribution in [-0.4, -0.2) is 10.8 Å². The average molecular weight is 291 g/mol. The number of nitro benzene ring substituents is 1. The van der Waals surface area contributed by atoms with Crippen LogP contribution in [0.4, 0.5) is 5.69 Å². The number of nitrogens with zero attached hydrogens (tertiary/aromatic N) is 1. The van der Waals surface area contributed by atoms with Gasteiger partial charge in [-0.2, -0.15) is 0 Å². The van der Waals surface area contributed by atoms with Gasteiger partial charge in [0.05, 0.1) is 4.92 Å². The van der Waals surface area contributed by atoms with E-state index in [-0.39, 0.29) is 23.7 Å².